The molecule has 4 aromatic rings. The number of aromatic nitrogens is 1. The standard InChI is InChI=1S/C22H16N2O2S/c1-24-19-12-20(16-7-9-17(26-2)10-8-16)27-22(19)18(11-21(24)25)15-5-3-14(13-23)4-6-15/h3-12H,1-2H3. The summed E-state index contributed by atoms with van der Waals surface area (Å²) >= 11 is 1.65. The number of ether oxygens (including phenoxy) is 1. The Labute approximate surface area is 160 Å². The fourth-order valence-electron chi connectivity index (χ4n) is 3.06. The zero-order valence-corrected chi connectivity index (χ0v) is 15.7. The maximum Gasteiger partial charge on any atom is 0.251 e. The van der Waals surface area contributed by atoms with Gasteiger partial charge in [-0.05, 0) is 53.6 Å². The van der Waals surface area contributed by atoms with Crippen LogP contribution in [0.5, 0.6) is 5.75 Å². The predicted octanol–water partition coefficient (Wildman–Crippen LogP) is 4.81. The Bertz CT molecular complexity index is 1230. The summed E-state index contributed by atoms with van der Waals surface area (Å²) in [7, 11) is 3.44. The second kappa shape index (κ2) is 6.75. The Morgan fingerprint density at radius 1 is 1.00 bits per heavy atom. The van der Waals surface area contributed by atoms with E-state index in [1.807, 2.05) is 36.4 Å². The molecule has 5 heteroatoms. The predicted molar refractivity (Wildman–Crippen MR) is 109 cm³/mol. The third-order valence-corrected chi connectivity index (χ3v) is 5.82. The minimum Gasteiger partial charge on any atom is -0.497 e. The van der Waals surface area contributed by atoms with Gasteiger partial charge in [0.2, 0.25) is 0 Å². The molecular formula is C22H16N2O2S. The van der Waals surface area contributed by atoms with Crippen LogP contribution in [0.15, 0.2) is 65.5 Å². The van der Waals surface area contributed by atoms with Crippen molar-refractivity contribution in [1.82, 2.24) is 4.57 Å². The molecule has 4 rings (SSSR count). The number of nitrogens with zero attached hydrogens (tertiary/aromatic N) is 2. The molecule has 0 aliphatic heterocycles. The van der Waals surface area contributed by atoms with Crippen molar-refractivity contribution in [1.29, 1.82) is 5.26 Å². The lowest BCUT2D eigenvalue weighted by molar-refractivity contribution is 0.415. The van der Waals surface area contributed by atoms with E-state index in [0.29, 0.717) is 5.56 Å². The van der Waals surface area contributed by atoms with Gasteiger partial charge in [-0.25, -0.2) is 0 Å². The van der Waals surface area contributed by atoms with Crippen LogP contribution in [0, 0.1) is 11.3 Å². The Morgan fingerprint density at radius 2 is 1.67 bits per heavy atom. The minimum absolute atomic E-state index is 0.0547. The summed E-state index contributed by atoms with van der Waals surface area (Å²) in [5, 5.41) is 9.01. The van der Waals surface area contributed by atoms with Crippen molar-refractivity contribution in [3.8, 4) is 33.4 Å². The van der Waals surface area contributed by atoms with Crippen LogP contribution in [0.25, 0.3) is 31.8 Å². The smallest absolute Gasteiger partial charge is 0.251 e. The molecular weight excluding hydrogens is 356 g/mol. The monoisotopic (exact) mass is 372 g/mol. The van der Waals surface area contributed by atoms with E-state index in [4.69, 9.17) is 10.00 Å². The van der Waals surface area contributed by atoms with Crippen LogP contribution < -0.4 is 10.3 Å². The maximum atomic E-state index is 12.5. The number of rotatable bonds is 3. The van der Waals surface area contributed by atoms with E-state index in [1.54, 1.807) is 48.3 Å². The lowest BCUT2D eigenvalue weighted by Crippen LogP contribution is -2.15. The van der Waals surface area contributed by atoms with Crippen LogP contribution in [0.2, 0.25) is 0 Å². The van der Waals surface area contributed by atoms with Crippen LogP contribution >= 0.6 is 11.3 Å². The molecule has 2 heterocycles. The van der Waals surface area contributed by atoms with Crippen molar-refractivity contribution in [2.75, 3.05) is 7.11 Å². The molecule has 0 saturated carbocycles. The lowest BCUT2D eigenvalue weighted by atomic mass is 10.0. The Hall–Kier alpha value is -3.36. The van der Waals surface area contributed by atoms with Crippen LogP contribution in [0.3, 0.4) is 0 Å². The van der Waals surface area contributed by atoms with Crippen molar-refractivity contribution < 1.29 is 4.74 Å². The van der Waals surface area contributed by atoms with Crippen LogP contribution in [-0.2, 0) is 7.05 Å². The van der Waals surface area contributed by atoms with Crippen LogP contribution in [0.4, 0.5) is 0 Å². The summed E-state index contributed by atoms with van der Waals surface area (Å²) in [5.74, 6) is 0.811. The molecule has 0 aliphatic carbocycles. The minimum atomic E-state index is -0.0547. The highest BCUT2D eigenvalue weighted by Gasteiger charge is 2.14. The molecule has 0 radical (unpaired) electrons. The SMILES string of the molecule is COc1ccc(-c2cc3c(s2)c(-c2ccc(C#N)cc2)cc(=O)n3C)cc1. The van der Waals surface area contributed by atoms with Gasteiger partial charge in [0.05, 0.1) is 29.0 Å². The lowest BCUT2D eigenvalue weighted by Gasteiger charge is -2.06. The average Bonchev–Trinajstić information content (AvgIpc) is 3.16. The third kappa shape index (κ3) is 3.01. The van der Waals surface area contributed by atoms with Gasteiger partial charge in [-0.1, -0.05) is 12.1 Å². The normalized spacial score (nSPS) is 10.7. The van der Waals surface area contributed by atoms with Gasteiger partial charge in [-0.3, -0.25) is 4.79 Å². The molecule has 27 heavy (non-hydrogen) atoms. The molecule has 0 spiro atoms. The first kappa shape index (κ1) is 17.1. The summed E-state index contributed by atoms with van der Waals surface area (Å²) in [6, 6.07) is 21.1. The van der Waals surface area contributed by atoms with E-state index in [0.717, 1.165) is 37.5 Å². The number of methoxy groups -OCH3 is 1. The van der Waals surface area contributed by atoms with Gasteiger partial charge in [-0.2, -0.15) is 5.26 Å². The fraction of sp³-hybridized carbons (Fsp3) is 0.0909. The summed E-state index contributed by atoms with van der Waals surface area (Å²) in [4.78, 5) is 13.6. The first-order valence-electron chi connectivity index (χ1n) is 8.39. The third-order valence-electron chi connectivity index (χ3n) is 4.62. The first-order valence-corrected chi connectivity index (χ1v) is 9.21. The van der Waals surface area contributed by atoms with Gasteiger partial charge in [0.25, 0.3) is 5.56 Å². The second-order valence-electron chi connectivity index (χ2n) is 6.20. The van der Waals surface area contributed by atoms with Gasteiger partial charge >= 0.3 is 0 Å². The molecule has 0 N–H and O–H groups in total. The number of hydrogen-bond acceptors (Lipinski definition) is 4. The summed E-state index contributed by atoms with van der Waals surface area (Å²) in [6.07, 6.45) is 0. The second-order valence-corrected chi connectivity index (χ2v) is 7.25. The van der Waals surface area contributed by atoms with Crippen molar-refractivity contribution in [3.63, 3.8) is 0 Å². The maximum absolute atomic E-state index is 12.5. The molecule has 0 amide bonds. The number of benzene rings is 2. The summed E-state index contributed by atoms with van der Waals surface area (Å²) in [6.45, 7) is 0. The van der Waals surface area contributed by atoms with Gasteiger partial charge in [-0.15, -0.1) is 11.3 Å². The molecule has 2 aromatic carbocycles. The number of aryl methyl sites for hydroxylation is 1. The molecule has 0 aliphatic rings. The van der Waals surface area contributed by atoms with Crippen molar-refractivity contribution in [2.24, 2.45) is 7.05 Å². The van der Waals surface area contributed by atoms with Crippen molar-refractivity contribution >= 4 is 21.6 Å². The highest BCUT2D eigenvalue weighted by Crippen LogP contribution is 2.38. The largest absolute Gasteiger partial charge is 0.497 e. The Morgan fingerprint density at radius 3 is 2.30 bits per heavy atom. The number of pyridine rings is 1. The van der Waals surface area contributed by atoms with E-state index in [-0.39, 0.29) is 5.56 Å². The van der Waals surface area contributed by atoms with Crippen molar-refractivity contribution in [2.45, 2.75) is 0 Å². The summed E-state index contributed by atoms with van der Waals surface area (Å²) in [5.41, 5.74) is 4.35. The molecule has 132 valence electrons. The van der Waals surface area contributed by atoms with Gasteiger partial charge < -0.3 is 9.30 Å². The molecule has 2 aromatic heterocycles. The molecule has 0 atom stereocenters. The quantitative estimate of drug-likeness (QED) is 0.518. The van der Waals surface area contributed by atoms with Gasteiger partial charge in [0, 0.05) is 23.6 Å². The molecule has 0 fully saturated rings. The van der Waals surface area contributed by atoms with Gasteiger partial charge in [0.1, 0.15) is 5.75 Å². The topological polar surface area (TPSA) is 55.0 Å². The van der Waals surface area contributed by atoms with E-state index in [9.17, 15) is 4.79 Å². The number of nitriles is 1. The first-order chi connectivity index (χ1) is 13.1. The van der Waals surface area contributed by atoms with E-state index < -0.39 is 0 Å². The van der Waals surface area contributed by atoms with E-state index in [1.165, 1.54) is 0 Å². The van der Waals surface area contributed by atoms with Gasteiger partial charge in [0.15, 0.2) is 0 Å². The highest BCUT2D eigenvalue weighted by atomic mass is 32.1. The van der Waals surface area contributed by atoms with E-state index >= 15 is 0 Å². The molecule has 0 saturated heterocycles. The molecule has 0 unspecified atom stereocenters. The molecule has 0 bridgehead atoms. The average molecular weight is 372 g/mol. The number of hydrogen-bond donors (Lipinski definition) is 0. The van der Waals surface area contributed by atoms with Crippen LogP contribution in [-0.4, -0.2) is 11.7 Å². The highest BCUT2D eigenvalue weighted by molar-refractivity contribution is 7.22. The van der Waals surface area contributed by atoms with E-state index in [2.05, 4.69) is 12.1 Å². The molecule has 4 nitrogen and oxygen atoms in total. The Kier molecular flexibility index (Phi) is 4.27. The number of fused-ring (bicyclic) bond motifs is 1. The Balaban J connectivity index is 1.92. The van der Waals surface area contributed by atoms with Crippen LogP contribution in [0.1, 0.15) is 5.56 Å². The zero-order chi connectivity index (χ0) is 19.0. The zero-order valence-electron chi connectivity index (χ0n) is 14.9. The van der Waals surface area contributed by atoms with Crippen molar-refractivity contribution in [3.05, 3.63) is 76.6 Å². The fourth-order valence-corrected chi connectivity index (χ4v) is 4.30. The number of thiophene rings is 1. The summed E-state index contributed by atoms with van der Waals surface area (Å²) < 4.78 is 7.95.